The Morgan fingerprint density at radius 3 is 2.44 bits per heavy atom. The topological polar surface area (TPSA) is 35.5 Å². The molecule has 3 nitrogen and oxygen atoms in total. The van der Waals surface area contributed by atoms with Crippen molar-refractivity contribution in [1.29, 1.82) is 0 Å². The summed E-state index contributed by atoms with van der Waals surface area (Å²) in [6.45, 7) is 0.140. The fourth-order valence-electron chi connectivity index (χ4n) is 2.47. The minimum atomic E-state index is -0.399. The van der Waals surface area contributed by atoms with Gasteiger partial charge in [0.05, 0.1) is 12.7 Å². The average molecular weight is 397 g/mol. The van der Waals surface area contributed by atoms with Crippen molar-refractivity contribution in [2.45, 2.75) is 0 Å². The van der Waals surface area contributed by atoms with Crippen LogP contribution in [0.5, 0.6) is 5.75 Å². The lowest BCUT2D eigenvalue weighted by Gasteiger charge is -2.10. The SMILES string of the molecule is COC(=O)/C(=C/c1ccc(Br)cc1)COc1ccc2ccccc2c1. The monoisotopic (exact) mass is 396 g/mol. The van der Waals surface area contributed by atoms with Gasteiger partial charge in [-0.25, -0.2) is 4.79 Å². The molecule has 0 unspecified atom stereocenters. The van der Waals surface area contributed by atoms with E-state index in [0.29, 0.717) is 11.3 Å². The maximum Gasteiger partial charge on any atom is 0.337 e. The molecule has 0 atom stereocenters. The van der Waals surface area contributed by atoms with Crippen LogP contribution in [0.1, 0.15) is 5.56 Å². The molecule has 0 aliphatic heterocycles. The summed E-state index contributed by atoms with van der Waals surface area (Å²) >= 11 is 3.40. The highest BCUT2D eigenvalue weighted by Crippen LogP contribution is 2.21. The number of esters is 1. The summed E-state index contributed by atoms with van der Waals surface area (Å²) in [6.07, 6.45) is 1.78. The van der Waals surface area contributed by atoms with E-state index in [4.69, 9.17) is 9.47 Å². The Bertz CT molecular complexity index is 914. The van der Waals surface area contributed by atoms with Gasteiger partial charge < -0.3 is 9.47 Å². The largest absolute Gasteiger partial charge is 0.489 e. The van der Waals surface area contributed by atoms with Gasteiger partial charge in [-0.15, -0.1) is 0 Å². The summed E-state index contributed by atoms with van der Waals surface area (Å²) < 4.78 is 11.7. The highest BCUT2D eigenvalue weighted by atomic mass is 79.9. The number of hydrogen-bond donors (Lipinski definition) is 0. The fraction of sp³-hybridized carbons (Fsp3) is 0.0952. The summed E-state index contributed by atoms with van der Waals surface area (Å²) in [7, 11) is 1.37. The van der Waals surface area contributed by atoms with Crippen LogP contribution in [0, 0.1) is 0 Å². The molecular weight excluding hydrogens is 380 g/mol. The van der Waals surface area contributed by atoms with Gasteiger partial charge in [-0.05, 0) is 46.7 Å². The van der Waals surface area contributed by atoms with E-state index >= 15 is 0 Å². The molecule has 0 N–H and O–H groups in total. The number of fused-ring (bicyclic) bond motifs is 1. The predicted octanol–water partition coefficient (Wildman–Crippen LogP) is 5.24. The molecule has 3 aromatic carbocycles. The first-order valence-corrected chi connectivity index (χ1v) is 8.61. The molecule has 0 fully saturated rings. The van der Waals surface area contributed by atoms with E-state index in [1.807, 2.05) is 66.7 Å². The zero-order chi connectivity index (χ0) is 17.6. The van der Waals surface area contributed by atoms with Crippen LogP contribution in [0.15, 0.2) is 76.8 Å². The fourth-order valence-corrected chi connectivity index (χ4v) is 2.73. The summed E-state index contributed by atoms with van der Waals surface area (Å²) in [4.78, 5) is 12.0. The number of halogens is 1. The van der Waals surface area contributed by atoms with Crippen LogP contribution in [-0.4, -0.2) is 19.7 Å². The molecular formula is C21H17BrO3. The molecule has 0 aromatic heterocycles. The van der Waals surface area contributed by atoms with Crippen molar-refractivity contribution in [3.8, 4) is 5.75 Å². The highest BCUT2D eigenvalue weighted by Gasteiger charge is 2.11. The Morgan fingerprint density at radius 2 is 1.72 bits per heavy atom. The number of hydrogen-bond acceptors (Lipinski definition) is 3. The second kappa shape index (κ2) is 7.99. The van der Waals surface area contributed by atoms with Gasteiger partial charge in [0.25, 0.3) is 0 Å². The van der Waals surface area contributed by atoms with Gasteiger partial charge in [0, 0.05) is 4.47 Å². The molecule has 3 rings (SSSR count). The molecule has 0 saturated carbocycles. The van der Waals surface area contributed by atoms with E-state index in [-0.39, 0.29) is 6.61 Å². The van der Waals surface area contributed by atoms with E-state index in [1.54, 1.807) is 6.08 Å². The van der Waals surface area contributed by atoms with Crippen molar-refractivity contribution >= 4 is 38.7 Å². The quantitative estimate of drug-likeness (QED) is 0.437. The van der Waals surface area contributed by atoms with Crippen molar-refractivity contribution in [3.05, 3.63) is 82.3 Å². The Morgan fingerprint density at radius 1 is 1.00 bits per heavy atom. The van der Waals surface area contributed by atoms with Crippen LogP contribution in [0.25, 0.3) is 16.8 Å². The van der Waals surface area contributed by atoms with Gasteiger partial charge in [0.15, 0.2) is 0 Å². The summed E-state index contributed by atoms with van der Waals surface area (Å²) in [6, 6.07) is 21.6. The normalized spacial score (nSPS) is 11.4. The van der Waals surface area contributed by atoms with Gasteiger partial charge in [-0.1, -0.05) is 58.4 Å². The zero-order valence-corrected chi connectivity index (χ0v) is 15.3. The lowest BCUT2D eigenvalue weighted by Crippen LogP contribution is -2.12. The minimum absolute atomic E-state index is 0.140. The van der Waals surface area contributed by atoms with Crippen molar-refractivity contribution in [2.75, 3.05) is 13.7 Å². The Labute approximate surface area is 155 Å². The first kappa shape index (κ1) is 17.2. The van der Waals surface area contributed by atoms with E-state index in [0.717, 1.165) is 20.8 Å². The van der Waals surface area contributed by atoms with Gasteiger partial charge in [0.2, 0.25) is 0 Å². The van der Waals surface area contributed by atoms with E-state index in [2.05, 4.69) is 15.9 Å². The maximum absolute atomic E-state index is 12.0. The molecule has 0 aliphatic rings. The second-order valence-corrected chi connectivity index (χ2v) is 6.43. The van der Waals surface area contributed by atoms with Crippen LogP contribution < -0.4 is 4.74 Å². The van der Waals surface area contributed by atoms with E-state index in [1.165, 1.54) is 7.11 Å². The molecule has 126 valence electrons. The molecule has 0 radical (unpaired) electrons. The standard InChI is InChI=1S/C21H17BrO3/c1-24-21(23)18(12-15-6-9-19(22)10-7-15)14-25-20-11-8-16-4-2-3-5-17(16)13-20/h2-13H,14H2,1H3/b18-12+. The van der Waals surface area contributed by atoms with Crippen molar-refractivity contribution in [3.63, 3.8) is 0 Å². The lowest BCUT2D eigenvalue weighted by atomic mass is 10.1. The highest BCUT2D eigenvalue weighted by molar-refractivity contribution is 9.10. The van der Waals surface area contributed by atoms with Gasteiger partial charge >= 0.3 is 5.97 Å². The molecule has 3 aromatic rings. The van der Waals surface area contributed by atoms with Gasteiger partial charge in [0.1, 0.15) is 12.4 Å². The number of ether oxygens (including phenoxy) is 2. The van der Waals surface area contributed by atoms with Crippen LogP contribution in [0.3, 0.4) is 0 Å². The molecule has 25 heavy (non-hydrogen) atoms. The Balaban J connectivity index is 1.80. The van der Waals surface area contributed by atoms with Crippen LogP contribution in [0.2, 0.25) is 0 Å². The molecule has 0 aliphatic carbocycles. The summed E-state index contributed by atoms with van der Waals surface area (Å²) in [5.41, 5.74) is 1.36. The molecule has 0 heterocycles. The number of carbonyl (C=O) groups is 1. The smallest absolute Gasteiger partial charge is 0.337 e. The Hall–Kier alpha value is -2.59. The number of rotatable bonds is 5. The summed E-state index contributed by atoms with van der Waals surface area (Å²) in [5, 5.41) is 2.24. The molecule has 0 bridgehead atoms. The number of benzene rings is 3. The van der Waals surface area contributed by atoms with Crippen molar-refractivity contribution in [2.24, 2.45) is 0 Å². The third kappa shape index (κ3) is 4.48. The minimum Gasteiger partial charge on any atom is -0.489 e. The van der Waals surface area contributed by atoms with Crippen molar-refractivity contribution in [1.82, 2.24) is 0 Å². The van der Waals surface area contributed by atoms with Gasteiger partial charge in [-0.2, -0.15) is 0 Å². The first-order chi connectivity index (χ1) is 12.2. The number of methoxy groups -OCH3 is 1. The van der Waals surface area contributed by atoms with E-state index in [9.17, 15) is 4.79 Å². The third-order valence-electron chi connectivity index (χ3n) is 3.77. The predicted molar refractivity (Wildman–Crippen MR) is 104 cm³/mol. The first-order valence-electron chi connectivity index (χ1n) is 7.82. The summed E-state index contributed by atoms with van der Waals surface area (Å²) in [5.74, 6) is 0.313. The third-order valence-corrected chi connectivity index (χ3v) is 4.30. The maximum atomic E-state index is 12.0. The lowest BCUT2D eigenvalue weighted by molar-refractivity contribution is -0.136. The average Bonchev–Trinajstić information content (AvgIpc) is 2.65. The second-order valence-electron chi connectivity index (χ2n) is 5.51. The molecule has 0 amide bonds. The van der Waals surface area contributed by atoms with Crippen molar-refractivity contribution < 1.29 is 14.3 Å². The van der Waals surface area contributed by atoms with Crippen LogP contribution >= 0.6 is 15.9 Å². The van der Waals surface area contributed by atoms with E-state index < -0.39 is 5.97 Å². The van der Waals surface area contributed by atoms with Crippen LogP contribution in [0.4, 0.5) is 0 Å². The van der Waals surface area contributed by atoms with Crippen LogP contribution in [-0.2, 0) is 9.53 Å². The molecule has 0 saturated heterocycles. The van der Waals surface area contributed by atoms with Gasteiger partial charge in [-0.3, -0.25) is 0 Å². The molecule has 0 spiro atoms. The number of carbonyl (C=O) groups excluding carboxylic acids is 1. The Kier molecular flexibility index (Phi) is 5.51. The molecule has 4 heteroatoms. The zero-order valence-electron chi connectivity index (χ0n) is 13.7.